The van der Waals surface area contributed by atoms with E-state index in [1.807, 2.05) is 0 Å². The van der Waals surface area contributed by atoms with Crippen molar-refractivity contribution < 1.29 is 13.6 Å². The molecular formula is C16H19F2N3O. The number of rotatable bonds is 6. The highest BCUT2D eigenvalue weighted by Gasteiger charge is 2.42. The summed E-state index contributed by atoms with van der Waals surface area (Å²) >= 11 is 0. The van der Waals surface area contributed by atoms with Crippen molar-refractivity contribution in [3.8, 4) is 6.07 Å². The van der Waals surface area contributed by atoms with E-state index in [0.29, 0.717) is 5.56 Å². The molecule has 1 saturated carbocycles. The molecule has 0 unspecified atom stereocenters. The Morgan fingerprint density at radius 3 is 2.73 bits per heavy atom. The van der Waals surface area contributed by atoms with Gasteiger partial charge >= 0.3 is 0 Å². The Hall–Kier alpha value is -2.00. The number of nitriles is 1. The zero-order chi connectivity index (χ0) is 16.3. The van der Waals surface area contributed by atoms with Gasteiger partial charge in [-0.3, -0.25) is 4.79 Å². The third-order valence-electron chi connectivity index (χ3n) is 4.02. The first-order chi connectivity index (χ1) is 10.4. The SMILES string of the molecule is C[C@@H](NCC(=O)N[C@@](C)(C#N)C1CC1)c1ccc(F)cc1F. The van der Waals surface area contributed by atoms with Crippen LogP contribution in [0.3, 0.4) is 0 Å². The van der Waals surface area contributed by atoms with Crippen LogP contribution >= 0.6 is 0 Å². The molecule has 0 heterocycles. The highest BCUT2D eigenvalue weighted by atomic mass is 19.1. The van der Waals surface area contributed by atoms with Gasteiger partial charge in [-0.2, -0.15) is 5.26 Å². The van der Waals surface area contributed by atoms with Crippen LogP contribution in [0.1, 0.15) is 38.3 Å². The van der Waals surface area contributed by atoms with Crippen molar-refractivity contribution in [2.75, 3.05) is 6.54 Å². The fraction of sp³-hybridized carbons (Fsp3) is 0.500. The normalized spacial score (nSPS) is 18.1. The van der Waals surface area contributed by atoms with Crippen molar-refractivity contribution in [2.45, 2.75) is 38.3 Å². The zero-order valence-corrected chi connectivity index (χ0v) is 12.6. The number of benzene rings is 1. The summed E-state index contributed by atoms with van der Waals surface area (Å²) in [6.45, 7) is 3.36. The Bertz CT molecular complexity index is 610. The maximum Gasteiger partial charge on any atom is 0.235 e. The highest BCUT2D eigenvalue weighted by molar-refractivity contribution is 5.79. The fourth-order valence-electron chi connectivity index (χ4n) is 2.42. The van der Waals surface area contributed by atoms with Gasteiger partial charge in [-0.25, -0.2) is 8.78 Å². The van der Waals surface area contributed by atoms with Gasteiger partial charge in [-0.15, -0.1) is 0 Å². The number of hydrogen-bond acceptors (Lipinski definition) is 3. The van der Waals surface area contributed by atoms with Crippen LogP contribution in [-0.4, -0.2) is 18.0 Å². The monoisotopic (exact) mass is 307 g/mol. The summed E-state index contributed by atoms with van der Waals surface area (Å²) in [5, 5.41) is 14.8. The van der Waals surface area contributed by atoms with Crippen LogP contribution in [0.15, 0.2) is 18.2 Å². The molecule has 1 amide bonds. The molecule has 0 aliphatic heterocycles. The van der Waals surface area contributed by atoms with Crippen molar-refractivity contribution in [1.82, 2.24) is 10.6 Å². The summed E-state index contributed by atoms with van der Waals surface area (Å²) in [5.41, 5.74) is -0.553. The van der Waals surface area contributed by atoms with Crippen LogP contribution < -0.4 is 10.6 Å². The third kappa shape index (κ3) is 3.80. The largest absolute Gasteiger partial charge is 0.337 e. The maximum atomic E-state index is 13.6. The lowest BCUT2D eigenvalue weighted by Crippen LogP contribution is -2.49. The zero-order valence-electron chi connectivity index (χ0n) is 12.6. The maximum absolute atomic E-state index is 13.6. The van der Waals surface area contributed by atoms with Crippen molar-refractivity contribution in [3.05, 3.63) is 35.4 Å². The van der Waals surface area contributed by atoms with E-state index in [1.165, 1.54) is 12.1 Å². The van der Waals surface area contributed by atoms with Gasteiger partial charge in [0.2, 0.25) is 5.91 Å². The molecule has 0 spiro atoms. The molecule has 1 aliphatic carbocycles. The van der Waals surface area contributed by atoms with E-state index in [2.05, 4.69) is 16.7 Å². The van der Waals surface area contributed by atoms with Crippen molar-refractivity contribution in [3.63, 3.8) is 0 Å². The second-order valence-corrected chi connectivity index (χ2v) is 5.91. The predicted octanol–water partition coefficient (Wildman–Crippen LogP) is 2.42. The Balaban J connectivity index is 1.89. The topological polar surface area (TPSA) is 64.9 Å². The number of nitrogens with zero attached hydrogens (tertiary/aromatic N) is 1. The molecule has 2 rings (SSSR count). The quantitative estimate of drug-likeness (QED) is 0.848. The van der Waals surface area contributed by atoms with Gasteiger partial charge in [-0.1, -0.05) is 6.07 Å². The number of hydrogen-bond donors (Lipinski definition) is 2. The average molecular weight is 307 g/mol. The van der Waals surface area contributed by atoms with Crippen LogP contribution in [-0.2, 0) is 4.79 Å². The second-order valence-electron chi connectivity index (χ2n) is 5.91. The number of carbonyl (C=O) groups is 1. The molecule has 0 saturated heterocycles. The lowest BCUT2D eigenvalue weighted by molar-refractivity contribution is -0.121. The molecule has 1 aromatic carbocycles. The minimum absolute atomic E-state index is 0.0397. The second kappa shape index (κ2) is 6.41. The van der Waals surface area contributed by atoms with Crippen molar-refractivity contribution in [2.24, 2.45) is 5.92 Å². The molecule has 4 nitrogen and oxygen atoms in total. The van der Waals surface area contributed by atoms with Crippen LogP contribution in [0.5, 0.6) is 0 Å². The number of halogens is 2. The van der Waals surface area contributed by atoms with Crippen LogP contribution in [0, 0.1) is 28.9 Å². The Morgan fingerprint density at radius 2 is 2.18 bits per heavy atom. The fourth-order valence-corrected chi connectivity index (χ4v) is 2.42. The summed E-state index contributed by atoms with van der Waals surface area (Å²) in [6.07, 6.45) is 1.88. The van der Waals surface area contributed by atoms with Gasteiger partial charge in [0.15, 0.2) is 0 Å². The first kappa shape index (κ1) is 16.4. The molecule has 6 heteroatoms. The minimum atomic E-state index is -0.844. The molecule has 1 aliphatic rings. The first-order valence-corrected chi connectivity index (χ1v) is 7.26. The van der Waals surface area contributed by atoms with Crippen molar-refractivity contribution >= 4 is 5.91 Å². The average Bonchev–Trinajstić information content (AvgIpc) is 3.29. The Morgan fingerprint density at radius 1 is 1.50 bits per heavy atom. The molecule has 2 atom stereocenters. The first-order valence-electron chi connectivity index (χ1n) is 7.26. The van der Waals surface area contributed by atoms with E-state index in [-0.39, 0.29) is 18.4 Å². The van der Waals surface area contributed by atoms with E-state index in [9.17, 15) is 18.8 Å². The Kier molecular flexibility index (Phi) is 4.77. The van der Waals surface area contributed by atoms with Gasteiger partial charge < -0.3 is 10.6 Å². The van der Waals surface area contributed by atoms with Gasteiger partial charge in [0, 0.05) is 17.7 Å². The lowest BCUT2D eigenvalue weighted by Gasteiger charge is -2.23. The minimum Gasteiger partial charge on any atom is -0.337 e. The Labute approximate surface area is 128 Å². The molecule has 0 bridgehead atoms. The van der Waals surface area contributed by atoms with Crippen LogP contribution in [0.2, 0.25) is 0 Å². The standard InChI is InChI=1S/C16H19F2N3O/c1-10(13-6-5-12(17)7-14(13)18)20-8-15(22)21-16(2,9-19)11-3-4-11/h5-7,10-11,20H,3-4,8H2,1-2H3,(H,21,22)/t10-,16+/m1/s1. The molecule has 2 N–H and O–H groups in total. The number of amides is 1. The molecule has 0 radical (unpaired) electrons. The van der Waals surface area contributed by atoms with Crippen LogP contribution in [0.4, 0.5) is 8.78 Å². The highest BCUT2D eigenvalue weighted by Crippen LogP contribution is 2.39. The number of nitrogens with one attached hydrogen (secondary N) is 2. The molecule has 1 fully saturated rings. The molecular weight excluding hydrogens is 288 g/mol. The van der Waals surface area contributed by atoms with E-state index < -0.39 is 23.2 Å². The summed E-state index contributed by atoms with van der Waals surface area (Å²) in [5.74, 6) is -1.40. The van der Waals surface area contributed by atoms with Gasteiger partial charge in [0.1, 0.15) is 17.2 Å². The van der Waals surface area contributed by atoms with Crippen molar-refractivity contribution in [1.29, 1.82) is 5.26 Å². The molecule has 0 aromatic heterocycles. The van der Waals surface area contributed by atoms with Crippen LogP contribution in [0.25, 0.3) is 0 Å². The lowest BCUT2D eigenvalue weighted by atomic mass is 9.98. The molecule has 118 valence electrons. The molecule has 22 heavy (non-hydrogen) atoms. The van der Waals surface area contributed by atoms with Gasteiger partial charge in [0.05, 0.1) is 12.6 Å². The van der Waals surface area contributed by atoms with Gasteiger partial charge in [0.25, 0.3) is 0 Å². The van der Waals surface area contributed by atoms with Gasteiger partial charge in [-0.05, 0) is 38.7 Å². The van der Waals surface area contributed by atoms with E-state index in [1.54, 1.807) is 13.8 Å². The summed E-state index contributed by atoms with van der Waals surface area (Å²) in [4.78, 5) is 11.9. The smallest absolute Gasteiger partial charge is 0.235 e. The third-order valence-corrected chi connectivity index (χ3v) is 4.02. The predicted molar refractivity (Wildman–Crippen MR) is 77.7 cm³/mol. The summed E-state index contributed by atoms with van der Waals surface area (Å²) in [6, 6.07) is 5.04. The van der Waals surface area contributed by atoms with E-state index in [4.69, 9.17) is 0 Å². The summed E-state index contributed by atoms with van der Waals surface area (Å²) in [7, 11) is 0. The van der Waals surface area contributed by atoms with E-state index >= 15 is 0 Å². The molecule has 1 aromatic rings. The summed E-state index contributed by atoms with van der Waals surface area (Å²) < 4.78 is 26.5. The number of carbonyl (C=O) groups excluding carboxylic acids is 1. The van der Waals surface area contributed by atoms with E-state index in [0.717, 1.165) is 18.9 Å².